The lowest BCUT2D eigenvalue weighted by atomic mass is 10.1. The molecule has 1 unspecified atom stereocenters. The van der Waals surface area contributed by atoms with Crippen LogP contribution in [-0.4, -0.2) is 77.6 Å². The molecule has 27 heavy (non-hydrogen) atoms. The first-order valence-electron chi connectivity index (χ1n) is 9.58. The molecule has 0 aliphatic carbocycles. The quantitative estimate of drug-likeness (QED) is 0.474. The highest BCUT2D eigenvalue weighted by Crippen LogP contribution is 2.23. The van der Waals surface area contributed by atoms with Gasteiger partial charge >= 0.3 is 0 Å². The number of hydrogen-bond donors (Lipinski definition) is 2. The summed E-state index contributed by atoms with van der Waals surface area (Å²) in [7, 11) is 5.59. The van der Waals surface area contributed by atoms with Gasteiger partial charge < -0.3 is 29.7 Å². The van der Waals surface area contributed by atoms with Gasteiger partial charge in [-0.05, 0) is 25.6 Å². The smallest absolute Gasteiger partial charge is 0.191 e. The first-order valence-corrected chi connectivity index (χ1v) is 9.58. The molecule has 2 rings (SSSR count). The molecule has 152 valence electrons. The van der Waals surface area contributed by atoms with Gasteiger partial charge in [-0.25, -0.2) is 0 Å². The Morgan fingerprint density at radius 2 is 2.19 bits per heavy atom. The van der Waals surface area contributed by atoms with Gasteiger partial charge in [-0.15, -0.1) is 0 Å². The lowest BCUT2D eigenvalue weighted by Crippen LogP contribution is -2.41. The molecule has 0 radical (unpaired) electrons. The molecule has 0 bridgehead atoms. The third-order valence-corrected chi connectivity index (χ3v) is 4.54. The number of nitrogens with zero attached hydrogens (tertiary/aromatic N) is 2. The molecule has 1 fully saturated rings. The Hall–Kier alpha value is -1.83. The molecule has 1 aromatic carbocycles. The topological polar surface area (TPSA) is 67.4 Å². The lowest BCUT2D eigenvalue weighted by Gasteiger charge is -2.19. The third-order valence-electron chi connectivity index (χ3n) is 4.54. The van der Waals surface area contributed by atoms with Crippen LogP contribution in [0, 0.1) is 6.92 Å². The van der Waals surface area contributed by atoms with E-state index in [4.69, 9.17) is 14.2 Å². The maximum atomic E-state index is 6.16. The van der Waals surface area contributed by atoms with Gasteiger partial charge in [0.1, 0.15) is 11.9 Å². The van der Waals surface area contributed by atoms with E-state index in [1.807, 2.05) is 0 Å². The minimum absolute atomic E-state index is 0.144. The van der Waals surface area contributed by atoms with Crippen molar-refractivity contribution < 1.29 is 14.2 Å². The van der Waals surface area contributed by atoms with Gasteiger partial charge in [0.05, 0.1) is 19.8 Å². The summed E-state index contributed by atoms with van der Waals surface area (Å²) in [5.41, 5.74) is 2.31. The van der Waals surface area contributed by atoms with Crippen molar-refractivity contribution in [1.82, 2.24) is 15.5 Å². The number of benzene rings is 1. The number of rotatable bonds is 10. The Balaban J connectivity index is 1.82. The normalized spacial score (nSPS) is 17.4. The van der Waals surface area contributed by atoms with Crippen molar-refractivity contribution >= 4 is 5.96 Å². The van der Waals surface area contributed by atoms with Crippen molar-refractivity contribution in [3.05, 3.63) is 29.3 Å². The number of aryl methyl sites for hydroxylation is 1. The summed E-state index contributed by atoms with van der Waals surface area (Å²) in [6.07, 6.45) is 1.09. The Labute approximate surface area is 163 Å². The zero-order valence-electron chi connectivity index (χ0n) is 17.1. The monoisotopic (exact) mass is 378 g/mol. The highest BCUT2D eigenvalue weighted by molar-refractivity contribution is 5.79. The minimum atomic E-state index is 0.144. The fraction of sp³-hybridized carbons (Fsp3) is 0.650. The molecule has 1 saturated heterocycles. The number of nitrogens with one attached hydrogen (secondary N) is 2. The van der Waals surface area contributed by atoms with E-state index in [0.717, 1.165) is 56.5 Å². The van der Waals surface area contributed by atoms with Crippen LogP contribution in [0.25, 0.3) is 0 Å². The molecule has 0 aromatic heterocycles. The number of likely N-dealkylation sites (N-methyl/N-ethyl adjacent to an activating group) is 1. The molecule has 1 aliphatic rings. The number of hydrogen-bond acceptors (Lipinski definition) is 5. The predicted molar refractivity (Wildman–Crippen MR) is 109 cm³/mol. The van der Waals surface area contributed by atoms with E-state index in [9.17, 15) is 0 Å². The lowest BCUT2D eigenvalue weighted by molar-refractivity contribution is 0.140. The number of ether oxygens (including phenoxy) is 3. The van der Waals surface area contributed by atoms with Gasteiger partial charge in [-0.1, -0.05) is 12.1 Å². The van der Waals surface area contributed by atoms with Crippen molar-refractivity contribution in [2.24, 2.45) is 4.99 Å². The van der Waals surface area contributed by atoms with Crippen LogP contribution in [0.5, 0.6) is 5.75 Å². The Morgan fingerprint density at radius 3 is 2.89 bits per heavy atom. The maximum Gasteiger partial charge on any atom is 0.191 e. The molecule has 0 spiro atoms. The number of guanidine groups is 1. The van der Waals surface area contributed by atoms with E-state index in [2.05, 4.69) is 52.7 Å². The van der Waals surface area contributed by atoms with Crippen molar-refractivity contribution in [3.8, 4) is 5.75 Å². The number of methoxy groups -OCH3 is 1. The van der Waals surface area contributed by atoms with Crippen LogP contribution in [0.15, 0.2) is 23.2 Å². The summed E-state index contributed by atoms with van der Waals surface area (Å²) >= 11 is 0. The van der Waals surface area contributed by atoms with Crippen LogP contribution in [-0.2, 0) is 16.0 Å². The van der Waals surface area contributed by atoms with Gasteiger partial charge in [-0.3, -0.25) is 4.99 Å². The largest absolute Gasteiger partial charge is 0.488 e. The van der Waals surface area contributed by atoms with E-state index < -0.39 is 0 Å². The summed E-state index contributed by atoms with van der Waals surface area (Å²) in [6, 6.07) is 6.31. The highest BCUT2D eigenvalue weighted by Gasteiger charge is 2.18. The summed E-state index contributed by atoms with van der Waals surface area (Å²) < 4.78 is 16.7. The van der Waals surface area contributed by atoms with Crippen molar-refractivity contribution in [2.75, 3.05) is 60.7 Å². The molecule has 1 aliphatic heterocycles. The fourth-order valence-electron chi connectivity index (χ4n) is 2.83. The molecule has 1 heterocycles. The second-order valence-corrected chi connectivity index (χ2v) is 6.86. The molecule has 2 N–H and O–H groups in total. The van der Waals surface area contributed by atoms with Gasteiger partial charge in [0.2, 0.25) is 0 Å². The highest BCUT2D eigenvalue weighted by atomic mass is 16.5. The predicted octanol–water partition coefficient (Wildman–Crippen LogP) is 1.41. The maximum absolute atomic E-state index is 6.16. The molecule has 7 nitrogen and oxygen atoms in total. The summed E-state index contributed by atoms with van der Waals surface area (Å²) in [5, 5.41) is 6.72. The van der Waals surface area contributed by atoms with Crippen molar-refractivity contribution in [3.63, 3.8) is 0 Å². The van der Waals surface area contributed by atoms with E-state index in [1.165, 1.54) is 5.56 Å². The van der Waals surface area contributed by atoms with Gasteiger partial charge in [0, 0.05) is 52.3 Å². The summed E-state index contributed by atoms with van der Waals surface area (Å²) in [4.78, 5) is 6.52. The van der Waals surface area contributed by atoms with E-state index >= 15 is 0 Å². The van der Waals surface area contributed by atoms with Crippen molar-refractivity contribution in [2.45, 2.75) is 26.0 Å². The first-order chi connectivity index (χ1) is 13.1. The summed E-state index contributed by atoms with van der Waals surface area (Å²) in [6.45, 7) is 7.57. The van der Waals surface area contributed by atoms with E-state index in [-0.39, 0.29) is 6.10 Å². The molecule has 1 atom stereocenters. The zero-order valence-corrected chi connectivity index (χ0v) is 17.1. The zero-order chi connectivity index (χ0) is 19.5. The minimum Gasteiger partial charge on any atom is -0.488 e. The first kappa shape index (κ1) is 21.5. The van der Waals surface area contributed by atoms with Crippen LogP contribution in [0.4, 0.5) is 0 Å². The second kappa shape index (κ2) is 11.8. The Bertz CT molecular complexity index is 589. The van der Waals surface area contributed by atoms with Crippen LogP contribution < -0.4 is 15.4 Å². The molecular weight excluding hydrogens is 344 g/mol. The molecular formula is C20H34N4O3. The SMILES string of the molecule is CN=C(NCCN(C)CCOC)NCc1ccc(C)cc1OC1CCOC1. The average Bonchev–Trinajstić information content (AvgIpc) is 3.17. The van der Waals surface area contributed by atoms with Gasteiger partial charge in [0.15, 0.2) is 5.96 Å². The standard InChI is InChI=1S/C20H34N4O3/c1-16-5-6-17(19(13-16)27-18-7-11-26-15-18)14-23-20(21-2)22-8-9-24(3)10-12-25-4/h5-6,13,18H,7-12,14-15H2,1-4H3,(H2,21,22,23). The van der Waals surface area contributed by atoms with E-state index in [0.29, 0.717) is 13.2 Å². The molecule has 7 heteroatoms. The van der Waals surface area contributed by atoms with Crippen LogP contribution >= 0.6 is 0 Å². The van der Waals surface area contributed by atoms with Gasteiger partial charge in [-0.2, -0.15) is 0 Å². The van der Waals surface area contributed by atoms with Crippen LogP contribution in [0.2, 0.25) is 0 Å². The van der Waals surface area contributed by atoms with Crippen molar-refractivity contribution in [1.29, 1.82) is 0 Å². The average molecular weight is 379 g/mol. The Morgan fingerprint density at radius 1 is 1.33 bits per heavy atom. The Kier molecular flexibility index (Phi) is 9.38. The molecule has 0 saturated carbocycles. The molecule has 0 amide bonds. The fourth-order valence-corrected chi connectivity index (χ4v) is 2.83. The van der Waals surface area contributed by atoms with E-state index in [1.54, 1.807) is 14.2 Å². The van der Waals surface area contributed by atoms with Gasteiger partial charge in [0.25, 0.3) is 0 Å². The van der Waals surface area contributed by atoms with Crippen LogP contribution in [0.1, 0.15) is 17.5 Å². The van der Waals surface area contributed by atoms with Crippen LogP contribution in [0.3, 0.4) is 0 Å². The summed E-state index contributed by atoms with van der Waals surface area (Å²) in [5.74, 6) is 1.71. The molecule has 1 aromatic rings. The second-order valence-electron chi connectivity index (χ2n) is 6.86. The number of aliphatic imine (C=N–C) groups is 1. The third kappa shape index (κ3) is 7.74.